The second-order valence-electron chi connectivity index (χ2n) is 5.35. The zero-order valence-corrected chi connectivity index (χ0v) is 10.1. The van der Waals surface area contributed by atoms with Crippen LogP contribution in [0.1, 0.15) is 27.2 Å². The average molecular weight is 225 g/mol. The SMILES string of the molecule is C=CC1CC(=O)N([C@H](C(=O)O)C(C)(C)C)C1. The smallest absolute Gasteiger partial charge is 0.326 e. The van der Waals surface area contributed by atoms with E-state index in [1.165, 1.54) is 4.90 Å². The maximum absolute atomic E-state index is 11.8. The molecule has 1 saturated heterocycles. The molecule has 0 aromatic rings. The van der Waals surface area contributed by atoms with E-state index in [1.54, 1.807) is 6.08 Å². The Bertz CT molecular complexity index is 317. The first-order chi connectivity index (χ1) is 7.27. The Kier molecular flexibility index (Phi) is 3.41. The maximum atomic E-state index is 11.8. The Morgan fingerprint density at radius 3 is 2.50 bits per heavy atom. The highest BCUT2D eigenvalue weighted by Crippen LogP contribution is 2.30. The summed E-state index contributed by atoms with van der Waals surface area (Å²) >= 11 is 0. The third-order valence-electron chi connectivity index (χ3n) is 2.89. The third kappa shape index (κ3) is 2.43. The third-order valence-corrected chi connectivity index (χ3v) is 2.89. The van der Waals surface area contributed by atoms with Gasteiger partial charge in [-0.2, -0.15) is 0 Å². The quantitative estimate of drug-likeness (QED) is 0.741. The molecule has 1 heterocycles. The van der Waals surface area contributed by atoms with Gasteiger partial charge in [0.2, 0.25) is 5.91 Å². The summed E-state index contributed by atoms with van der Waals surface area (Å²) in [6.45, 7) is 9.62. The number of aliphatic carboxylic acids is 1. The number of amides is 1. The first-order valence-electron chi connectivity index (χ1n) is 5.42. The molecule has 0 aromatic heterocycles. The monoisotopic (exact) mass is 225 g/mol. The Morgan fingerprint density at radius 1 is 1.62 bits per heavy atom. The van der Waals surface area contributed by atoms with Crippen LogP contribution in [0, 0.1) is 11.3 Å². The first-order valence-corrected chi connectivity index (χ1v) is 5.42. The molecule has 0 spiro atoms. The molecule has 0 aliphatic carbocycles. The summed E-state index contributed by atoms with van der Waals surface area (Å²) in [7, 11) is 0. The van der Waals surface area contributed by atoms with Crippen LogP contribution in [0.15, 0.2) is 12.7 Å². The predicted molar refractivity (Wildman–Crippen MR) is 60.9 cm³/mol. The van der Waals surface area contributed by atoms with Gasteiger partial charge in [-0.05, 0) is 5.41 Å². The van der Waals surface area contributed by atoms with E-state index in [2.05, 4.69) is 6.58 Å². The highest BCUT2D eigenvalue weighted by molar-refractivity contribution is 5.86. The Labute approximate surface area is 95.9 Å². The number of hydrogen-bond donors (Lipinski definition) is 1. The van der Waals surface area contributed by atoms with Gasteiger partial charge >= 0.3 is 5.97 Å². The predicted octanol–water partition coefficient (Wildman–Crippen LogP) is 1.52. The van der Waals surface area contributed by atoms with Gasteiger partial charge < -0.3 is 10.0 Å². The van der Waals surface area contributed by atoms with Crippen LogP contribution in [0.4, 0.5) is 0 Å². The summed E-state index contributed by atoms with van der Waals surface area (Å²) < 4.78 is 0. The van der Waals surface area contributed by atoms with Gasteiger partial charge in [0.25, 0.3) is 0 Å². The van der Waals surface area contributed by atoms with E-state index < -0.39 is 17.4 Å². The summed E-state index contributed by atoms with van der Waals surface area (Å²) in [5.41, 5.74) is -0.461. The van der Waals surface area contributed by atoms with Crippen molar-refractivity contribution >= 4 is 11.9 Å². The molecule has 1 N–H and O–H groups in total. The molecule has 4 heteroatoms. The lowest BCUT2D eigenvalue weighted by Gasteiger charge is -2.34. The summed E-state index contributed by atoms with van der Waals surface area (Å²) in [6.07, 6.45) is 2.10. The van der Waals surface area contributed by atoms with Crippen molar-refractivity contribution in [3.8, 4) is 0 Å². The standard InChI is InChI=1S/C12H19NO3/c1-5-8-6-9(14)13(7-8)10(11(15)16)12(2,3)4/h5,8,10H,1,6-7H2,2-4H3,(H,15,16)/t8?,10-/m1/s1. The first kappa shape index (κ1) is 12.7. The van der Waals surface area contributed by atoms with Crippen LogP contribution >= 0.6 is 0 Å². The molecule has 16 heavy (non-hydrogen) atoms. The van der Waals surface area contributed by atoms with Crippen LogP contribution in [0.25, 0.3) is 0 Å². The lowest BCUT2D eigenvalue weighted by Crippen LogP contribution is -2.50. The molecule has 0 bridgehead atoms. The van der Waals surface area contributed by atoms with Crippen LogP contribution in [-0.2, 0) is 9.59 Å². The summed E-state index contributed by atoms with van der Waals surface area (Å²) in [4.78, 5) is 24.5. The number of likely N-dealkylation sites (tertiary alicyclic amines) is 1. The fourth-order valence-corrected chi connectivity index (χ4v) is 2.14. The van der Waals surface area contributed by atoms with Crippen LogP contribution in [-0.4, -0.2) is 34.5 Å². The van der Waals surface area contributed by atoms with E-state index in [-0.39, 0.29) is 11.8 Å². The van der Waals surface area contributed by atoms with Gasteiger partial charge in [0.15, 0.2) is 0 Å². The molecule has 4 nitrogen and oxygen atoms in total. The van der Waals surface area contributed by atoms with Crippen molar-refractivity contribution in [3.05, 3.63) is 12.7 Å². The minimum Gasteiger partial charge on any atom is -0.480 e. The van der Waals surface area contributed by atoms with Crippen molar-refractivity contribution in [3.63, 3.8) is 0 Å². The number of carboxylic acid groups (broad SMARTS) is 1. The van der Waals surface area contributed by atoms with Crippen molar-refractivity contribution in [1.82, 2.24) is 4.90 Å². The zero-order chi connectivity index (χ0) is 12.5. The Balaban J connectivity index is 2.93. The summed E-state index contributed by atoms with van der Waals surface area (Å²) in [5, 5.41) is 9.23. The molecule has 0 saturated carbocycles. The zero-order valence-electron chi connectivity index (χ0n) is 10.1. The Morgan fingerprint density at radius 2 is 2.19 bits per heavy atom. The average Bonchev–Trinajstić information content (AvgIpc) is 2.44. The van der Waals surface area contributed by atoms with Gasteiger partial charge in [0, 0.05) is 18.9 Å². The molecule has 90 valence electrons. The maximum Gasteiger partial charge on any atom is 0.326 e. The summed E-state index contributed by atoms with van der Waals surface area (Å²) in [6, 6.07) is -0.759. The molecule has 1 amide bonds. The second-order valence-corrected chi connectivity index (χ2v) is 5.35. The minimum atomic E-state index is -0.939. The summed E-state index contributed by atoms with van der Waals surface area (Å²) in [5.74, 6) is -0.950. The topological polar surface area (TPSA) is 57.6 Å². The van der Waals surface area contributed by atoms with Crippen LogP contribution in [0.2, 0.25) is 0 Å². The number of nitrogens with zero attached hydrogens (tertiary/aromatic N) is 1. The van der Waals surface area contributed by atoms with Crippen molar-refractivity contribution in [1.29, 1.82) is 0 Å². The molecule has 1 aliphatic heterocycles. The number of carbonyl (C=O) groups is 2. The fourth-order valence-electron chi connectivity index (χ4n) is 2.14. The number of hydrogen-bond acceptors (Lipinski definition) is 2. The molecular weight excluding hydrogens is 206 g/mol. The molecule has 2 atom stereocenters. The van der Waals surface area contributed by atoms with Crippen LogP contribution in [0.5, 0.6) is 0 Å². The molecule has 1 fully saturated rings. The fraction of sp³-hybridized carbons (Fsp3) is 0.667. The number of carbonyl (C=O) groups excluding carboxylic acids is 1. The second kappa shape index (κ2) is 4.28. The van der Waals surface area contributed by atoms with Crippen molar-refractivity contribution in [2.24, 2.45) is 11.3 Å². The van der Waals surface area contributed by atoms with Crippen LogP contribution in [0.3, 0.4) is 0 Å². The van der Waals surface area contributed by atoms with E-state index in [0.29, 0.717) is 13.0 Å². The van der Waals surface area contributed by atoms with E-state index >= 15 is 0 Å². The lowest BCUT2D eigenvalue weighted by molar-refractivity contribution is -0.153. The van der Waals surface area contributed by atoms with E-state index in [9.17, 15) is 14.7 Å². The minimum absolute atomic E-state index is 0.0803. The van der Waals surface area contributed by atoms with E-state index in [1.807, 2.05) is 20.8 Å². The van der Waals surface area contributed by atoms with Crippen LogP contribution < -0.4 is 0 Å². The van der Waals surface area contributed by atoms with E-state index in [0.717, 1.165) is 0 Å². The highest BCUT2D eigenvalue weighted by Gasteiger charge is 2.42. The van der Waals surface area contributed by atoms with Gasteiger partial charge in [-0.15, -0.1) is 6.58 Å². The molecule has 0 aromatic carbocycles. The molecule has 1 unspecified atom stereocenters. The van der Waals surface area contributed by atoms with Gasteiger partial charge in [0.05, 0.1) is 0 Å². The van der Waals surface area contributed by atoms with Gasteiger partial charge in [0.1, 0.15) is 6.04 Å². The van der Waals surface area contributed by atoms with Gasteiger partial charge in [-0.25, -0.2) is 4.79 Å². The number of carboxylic acids is 1. The van der Waals surface area contributed by atoms with Crippen molar-refractivity contribution < 1.29 is 14.7 Å². The highest BCUT2D eigenvalue weighted by atomic mass is 16.4. The molecular formula is C12H19NO3. The number of rotatable bonds is 3. The Hall–Kier alpha value is -1.32. The molecule has 1 rings (SSSR count). The largest absolute Gasteiger partial charge is 0.480 e. The van der Waals surface area contributed by atoms with E-state index in [4.69, 9.17) is 0 Å². The molecule has 1 aliphatic rings. The van der Waals surface area contributed by atoms with Gasteiger partial charge in [-0.3, -0.25) is 4.79 Å². The van der Waals surface area contributed by atoms with Crippen molar-refractivity contribution in [2.75, 3.05) is 6.54 Å². The molecule has 0 radical (unpaired) electrons. The van der Waals surface area contributed by atoms with Crippen molar-refractivity contribution in [2.45, 2.75) is 33.2 Å². The van der Waals surface area contributed by atoms with Gasteiger partial charge in [-0.1, -0.05) is 26.8 Å². The normalized spacial score (nSPS) is 23.3. The lowest BCUT2D eigenvalue weighted by atomic mass is 9.85.